The minimum atomic E-state index is 0.434. The van der Waals surface area contributed by atoms with E-state index >= 15 is 0 Å². The van der Waals surface area contributed by atoms with Crippen LogP contribution in [0, 0.1) is 22.7 Å². The molecule has 0 aliphatic heterocycles. The van der Waals surface area contributed by atoms with Gasteiger partial charge < -0.3 is 13.7 Å². The van der Waals surface area contributed by atoms with Gasteiger partial charge in [0.05, 0.1) is 60.2 Å². The van der Waals surface area contributed by atoms with E-state index in [4.69, 9.17) is 0 Å². The molecular formula is C44H24BrN5. The first-order valence-electron chi connectivity index (χ1n) is 16.4. The zero-order valence-corrected chi connectivity index (χ0v) is 28.1. The summed E-state index contributed by atoms with van der Waals surface area (Å²) in [5.41, 5.74) is 8.51. The normalized spacial score (nSPS) is 11.7. The van der Waals surface area contributed by atoms with E-state index in [2.05, 4.69) is 115 Å². The van der Waals surface area contributed by atoms with Gasteiger partial charge in [0.15, 0.2) is 0 Å². The fraction of sp³-hybridized carbons (Fsp3) is 0. The van der Waals surface area contributed by atoms with Crippen molar-refractivity contribution in [3.05, 3.63) is 161 Å². The number of benzene rings is 7. The highest BCUT2D eigenvalue weighted by Crippen LogP contribution is 2.47. The molecule has 7 aromatic carbocycles. The standard InChI is InChI=1S/C44H24BrN5/c45-41-33(25-46)43(49-37-21-9-3-15-29(37)30-16-4-10-22-38(30)49)44(50-39-23-11-5-17-31(39)32-18-6-12-24-40(32)50)34(26-47)42(41)48-35-19-7-1-13-27(35)28-14-2-8-20-36(28)48/h1-24H. The number of rotatable bonds is 3. The Bertz CT molecular complexity index is 2980. The molecule has 0 spiro atoms. The number of para-hydroxylation sites is 6. The minimum absolute atomic E-state index is 0.434. The summed E-state index contributed by atoms with van der Waals surface area (Å²) in [5, 5.41) is 29.3. The zero-order chi connectivity index (χ0) is 33.5. The Balaban J connectivity index is 1.51. The Morgan fingerprint density at radius 1 is 0.340 bits per heavy atom. The van der Waals surface area contributed by atoms with E-state index in [1.165, 1.54) is 0 Å². The number of nitrogens with zero attached hydrogens (tertiary/aromatic N) is 5. The van der Waals surface area contributed by atoms with Crippen molar-refractivity contribution in [1.29, 1.82) is 10.5 Å². The fourth-order valence-corrected chi connectivity index (χ4v) is 8.68. The van der Waals surface area contributed by atoms with Gasteiger partial charge in [-0.2, -0.15) is 10.5 Å². The van der Waals surface area contributed by atoms with Crippen molar-refractivity contribution >= 4 is 81.3 Å². The first-order valence-corrected chi connectivity index (χ1v) is 17.2. The Labute approximate surface area is 294 Å². The first kappa shape index (κ1) is 28.4. The number of aromatic nitrogens is 3. The summed E-state index contributed by atoms with van der Waals surface area (Å²) in [5.74, 6) is 0. The molecule has 0 atom stereocenters. The average Bonchev–Trinajstić information content (AvgIpc) is 3.80. The van der Waals surface area contributed by atoms with Crippen LogP contribution in [-0.4, -0.2) is 13.7 Å². The van der Waals surface area contributed by atoms with E-state index in [9.17, 15) is 10.5 Å². The van der Waals surface area contributed by atoms with Gasteiger partial charge in [-0.05, 0) is 52.3 Å². The van der Waals surface area contributed by atoms with Crippen LogP contribution >= 0.6 is 15.9 Å². The number of fused-ring (bicyclic) bond motifs is 9. The maximum Gasteiger partial charge on any atom is 0.104 e. The van der Waals surface area contributed by atoms with Gasteiger partial charge in [-0.3, -0.25) is 0 Å². The maximum atomic E-state index is 11.5. The topological polar surface area (TPSA) is 62.4 Å². The summed E-state index contributed by atoms with van der Waals surface area (Å²) >= 11 is 3.97. The number of halogens is 1. The molecule has 0 N–H and O–H groups in total. The molecule has 0 unspecified atom stereocenters. The SMILES string of the molecule is N#Cc1c(Br)c(-n2c3ccccc3c3ccccc32)c(C#N)c(-n2c3ccccc3c3ccccc32)c1-n1c2ccccc2c2ccccc21. The molecular weight excluding hydrogens is 678 g/mol. The molecule has 0 aliphatic carbocycles. The van der Waals surface area contributed by atoms with E-state index in [0.29, 0.717) is 32.7 Å². The fourth-order valence-electron chi connectivity index (χ4n) is 8.02. The van der Waals surface area contributed by atoms with Crippen LogP contribution < -0.4 is 0 Å². The van der Waals surface area contributed by atoms with Crippen LogP contribution in [0.3, 0.4) is 0 Å². The second kappa shape index (κ2) is 10.7. The van der Waals surface area contributed by atoms with Crippen LogP contribution in [0.15, 0.2) is 150 Å². The van der Waals surface area contributed by atoms with E-state index in [1.807, 2.05) is 72.8 Å². The molecule has 10 aromatic rings. The summed E-state index contributed by atoms with van der Waals surface area (Å²) in [6.45, 7) is 0. The van der Waals surface area contributed by atoms with Gasteiger partial charge >= 0.3 is 0 Å². The predicted octanol–water partition coefficient (Wildman–Crippen LogP) is 11.5. The van der Waals surface area contributed by atoms with Crippen molar-refractivity contribution in [2.24, 2.45) is 0 Å². The summed E-state index contributed by atoms with van der Waals surface area (Å²) in [6, 6.07) is 55.0. The van der Waals surface area contributed by atoms with Crippen LogP contribution in [0.5, 0.6) is 0 Å². The largest absolute Gasteiger partial charge is 0.307 e. The average molecular weight is 703 g/mol. The van der Waals surface area contributed by atoms with Gasteiger partial charge in [0.1, 0.15) is 17.7 Å². The van der Waals surface area contributed by atoms with Gasteiger partial charge in [-0.1, -0.05) is 109 Å². The smallest absolute Gasteiger partial charge is 0.104 e. The highest BCUT2D eigenvalue weighted by molar-refractivity contribution is 9.10. The molecule has 232 valence electrons. The molecule has 0 amide bonds. The lowest BCUT2D eigenvalue weighted by atomic mass is 10.0. The third-order valence-corrected chi connectivity index (χ3v) is 10.8. The third-order valence-electron chi connectivity index (χ3n) is 10.00. The van der Waals surface area contributed by atoms with Gasteiger partial charge in [0.25, 0.3) is 0 Å². The van der Waals surface area contributed by atoms with Crippen LogP contribution in [0.2, 0.25) is 0 Å². The van der Waals surface area contributed by atoms with Crippen molar-refractivity contribution in [2.45, 2.75) is 0 Å². The molecule has 0 bridgehead atoms. The van der Waals surface area contributed by atoms with E-state index in [1.54, 1.807) is 0 Å². The monoisotopic (exact) mass is 701 g/mol. The zero-order valence-electron chi connectivity index (χ0n) is 26.5. The van der Waals surface area contributed by atoms with Gasteiger partial charge in [-0.15, -0.1) is 0 Å². The second-order valence-electron chi connectivity index (χ2n) is 12.4. The molecule has 0 saturated heterocycles. The highest BCUT2D eigenvalue weighted by Gasteiger charge is 2.31. The Kier molecular flexibility index (Phi) is 6.08. The molecule has 3 heterocycles. The number of nitriles is 2. The van der Waals surface area contributed by atoms with Crippen molar-refractivity contribution in [3.8, 4) is 29.2 Å². The molecule has 6 heteroatoms. The second-order valence-corrected chi connectivity index (χ2v) is 13.2. The van der Waals surface area contributed by atoms with Crippen LogP contribution in [-0.2, 0) is 0 Å². The van der Waals surface area contributed by atoms with Gasteiger partial charge in [0.2, 0.25) is 0 Å². The first-order chi connectivity index (χ1) is 24.7. The Morgan fingerprint density at radius 2 is 0.580 bits per heavy atom. The summed E-state index contributed by atoms with van der Waals surface area (Å²) in [6.07, 6.45) is 0. The third kappa shape index (κ3) is 3.69. The number of hydrogen-bond acceptors (Lipinski definition) is 2. The van der Waals surface area contributed by atoms with Crippen LogP contribution in [0.4, 0.5) is 0 Å². The predicted molar refractivity (Wildman–Crippen MR) is 207 cm³/mol. The van der Waals surface area contributed by atoms with Crippen molar-refractivity contribution in [1.82, 2.24) is 13.7 Å². The van der Waals surface area contributed by atoms with Crippen LogP contribution in [0.1, 0.15) is 11.1 Å². The minimum Gasteiger partial charge on any atom is -0.307 e. The summed E-state index contributed by atoms with van der Waals surface area (Å²) < 4.78 is 7.06. The van der Waals surface area contributed by atoms with Gasteiger partial charge in [0, 0.05) is 32.3 Å². The van der Waals surface area contributed by atoms with Crippen molar-refractivity contribution in [2.75, 3.05) is 0 Å². The molecule has 0 saturated carbocycles. The summed E-state index contributed by atoms with van der Waals surface area (Å²) in [7, 11) is 0. The Hall–Kier alpha value is -6.60. The van der Waals surface area contributed by atoms with Crippen molar-refractivity contribution in [3.63, 3.8) is 0 Å². The molecule has 0 radical (unpaired) electrons. The summed E-state index contributed by atoms with van der Waals surface area (Å²) in [4.78, 5) is 0. The molecule has 50 heavy (non-hydrogen) atoms. The highest BCUT2D eigenvalue weighted by atomic mass is 79.9. The molecule has 5 nitrogen and oxygen atoms in total. The number of hydrogen-bond donors (Lipinski definition) is 0. The molecule has 0 fully saturated rings. The maximum absolute atomic E-state index is 11.5. The van der Waals surface area contributed by atoms with Crippen LogP contribution in [0.25, 0.3) is 82.5 Å². The Morgan fingerprint density at radius 3 is 0.860 bits per heavy atom. The molecule has 0 aliphatic rings. The lowest BCUT2D eigenvalue weighted by molar-refractivity contribution is 1.05. The lowest BCUT2D eigenvalue weighted by Crippen LogP contribution is -2.13. The lowest BCUT2D eigenvalue weighted by Gasteiger charge is -2.24. The molecule has 10 rings (SSSR count). The molecule has 3 aromatic heterocycles. The van der Waals surface area contributed by atoms with E-state index in [0.717, 1.165) is 65.4 Å². The van der Waals surface area contributed by atoms with E-state index < -0.39 is 0 Å². The van der Waals surface area contributed by atoms with Crippen molar-refractivity contribution < 1.29 is 0 Å². The quantitative estimate of drug-likeness (QED) is 0.184. The van der Waals surface area contributed by atoms with E-state index in [-0.39, 0.29) is 0 Å². The van der Waals surface area contributed by atoms with Gasteiger partial charge in [-0.25, -0.2) is 0 Å².